The summed E-state index contributed by atoms with van der Waals surface area (Å²) in [5, 5.41) is 9.01. The van der Waals surface area contributed by atoms with Gasteiger partial charge >= 0.3 is 6.09 Å². The Kier molecular flexibility index (Phi) is 3.82. The molecule has 0 bridgehead atoms. The Morgan fingerprint density at radius 2 is 1.95 bits per heavy atom. The number of ether oxygens (including phenoxy) is 1. The molecule has 0 unspecified atom stereocenters. The number of rotatable bonds is 2. The summed E-state index contributed by atoms with van der Waals surface area (Å²) in [6.45, 7) is 1.65. The highest BCUT2D eigenvalue weighted by Crippen LogP contribution is 2.38. The Bertz CT molecular complexity index is 427. The van der Waals surface area contributed by atoms with E-state index in [1.165, 1.54) is 11.3 Å². The van der Waals surface area contributed by atoms with Crippen molar-refractivity contribution in [2.75, 3.05) is 26.7 Å². The first-order chi connectivity index (χ1) is 10.0. The zero-order chi connectivity index (χ0) is 15.0. The number of carbonyl (C=O) groups excluding carboxylic acids is 1. The van der Waals surface area contributed by atoms with Gasteiger partial charge in [0.25, 0.3) is 0 Å². The van der Waals surface area contributed by atoms with Crippen LogP contribution in [0.2, 0.25) is 0 Å². The van der Waals surface area contributed by atoms with Crippen LogP contribution < -0.4 is 0 Å². The van der Waals surface area contributed by atoms with E-state index in [0.717, 1.165) is 32.1 Å². The average Bonchev–Trinajstić information content (AvgIpc) is 2.80. The van der Waals surface area contributed by atoms with Crippen LogP contribution in [-0.2, 0) is 9.53 Å². The lowest BCUT2D eigenvalue weighted by Crippen LogP contribution is -2.47. The predicted molar refractivity (Wildman–Crippen MR) is 76.0 cm³/mol. The molecule has 118 valence electrons. The van der Waals surface area contributed by atoms with E-state index in [0.29, 0.717) is 19.7 Å². The number of piperidine rings is 1. The largest absolute Gasteiger partial charge is 0.465 e. The van der Waals surface area contributed by atoms with E-state index in [-0.39, 0.29) is 23.5 Å². The van der Waals surface area contributed by atoms with Crippen molar-refractivity contribution in [2.24, 2.45) is 5.92 Å². The van der Waals surface area contributed by atoms with Gasteiger partial charge in [0.15, 0.2) is 0 Å². The molecule has 1 spiro atoms. The smallest absolute Gasteiger partial charge is 0.407 e. The first kappa shape index (κ1) is 14.6. The Morgan fingerprint density at radius 1 is 1.29 bits per heavy atom. The number of amides is 2. The molecule has 1 atom stereocenters. The molecule has 1 saturated carbocycles. The number of likely N-dealkylation sites (tertiary alicyclic amines) is 1. The third-order valence-electron chi connectivity index (χ3n) is 5.48. The first-order valence-corrected chi connectivity index (χ1v) is 7.89. The highest BCUT2D eigenvalue weighted by atomic mass is 16.5. The molecule has 1 N–H and O–H groups in total. The van der Waals surface area contributed by atoms with Gasteiger partial charge in [0.2, 0.25) is 5.91 Å². The molecule has 0 radical (unpaired) electrons. The molecule has 6 nitrogen and oxygen atoms in total. The van der Waals surface area contributed by atoms with Crippen molar-refractivity contribution in [1.29, 1.82) is 0 Å². The van der Waals surface area contributed by atoms with Gasteiger partial charge in [0, 0.05) is 26.1 Å². The van der Waals surface area contributed by atoms with Crippen molar-refractivity contribution in [3.05, 3.63) is 0 Å². The lowest BCUT2D eigenvalue weighted by atomic mass is 9.83. The van der Waals surface area contributed by atoms with E-state index in [1.54, 1.807) is 0 Å². The van der Waals surface area contributed by atoms with Crippen molar-refractivity contribution in [1.82, 2.24) is 9.80 Å². The predicted octanol–water partition coefficient (Wildman–Crippen LogP) is 1.55. The molecule has 1 aliphatic carbocycles. The van der Waals surface area contributed by atoms with Crippen LogP contribution in [0.4, 0.5) is 4.79 Å². The van der Waals surface area contributed by atoms with Crippen LogP contribution in [0.1, 0.15) is 38.5 Å². The molecule has 0 aromatic heterocycles. The third-order valence-corrected chi connectivity index (χ3v) is 5.48. The Balaban J connectivity index is 1.55. The fourth-order valence-corrected chi connectivity index (χ4v) is 3.65. The number of carbonyl (C=O) groups is 2. The van der Waals surface area contributed by atoms with Crippen LogP contribution in [0.5, 0.6) is 0 Å². The van der Waals surface area contributed by atoms with E-state index in [9.17, 15) is 9.59 Å². The molecule has 2 aliphatic heterocycles. The molecular formula is C15H24N2O4. The Morgan fingerprint density at radius 3 is 2.48 bits per heavy atom. The molecule has 3 fully saturated rings. The molecule has 2 saturated heterocycles. The molecular weight excluding hydrogens is 272 g/mol. The van der Waals surface area contributed by atoms with Crippen LogP contribution in [0, 0.1) is 5.92 Å². The summed E-state index contributed by atoms with van der Waals surface area (Å²) in [4.78, 5) is 26.6. The highest BCUT2D eigenvalue weighted by Gasteiger charge is 2.46. The van der Waals surface area contributed by atoms with Gasteiger partial charge in [-0.2, -0.15) is 0 Å². The van der Waals surface area contributed by atoms with Gasteiger partial charge in [-0.05, 0) is 32.1 Å². The quantitative estimate of drug-likeness (QED) is 0.839. The zero-order valence-corrected chi connectivity index (χ0v) is 12.6. The summed E-state index contributed by atoms with van der Waals surface area (Å²) in [5.74, 6) is 0.482. The molecule has 0 aromatic carbocycles. The minimum atomic E-state index is -0.850. The number of nitrogens with zero attached hydrogens (tertiary/aromatic N) is 2. The van der Waals surface area contributed by atoms with Crippen LogP contribution >= 0.6 is 0 Å². The van der Waals surface area contributed by atoms with E-state index in [1.807, 2.05) is 11.9 Å². The summed E-state index contributed by atoms with van der Waals surface area (Å²) in [6.07, 6.45) is 4.68. The van der Waals surface area contributed by atoms with Crippen LogP contribution in [-0.4, -0.2) is 65.3 Å². The Labute approximate surface area is 125 Å². The molecule has 21 heavy (non-hydrogen) atoms. The minimum Gasteiger partial charge on any atom is -0.465 e. The average molecular weight is 296 g/mol. The summed E-state index contributed by atoms with van der Waals surface area (Å²) >= 11 is 0. The second-order valence-corrected chi connectivity index (χ2v) is 6.70. The van der Waals surface area contributed by atoms with Gasteiger partial charge in [-0.1, -0.05) is 6.42 Å². The minimum absolute atomic E-state index is 0.148. The molecule has 0 aromatic rings. The van der Waals surface area contributed by atoms with Crippen molar-refractivity contribution in [3.8, 4) is 0 Å². The van der Waals surface area contributed by atoms with E-state index >= 15 is 0 Å². The van der Waals surface area contributed by atoms with Gasteiger partial charge in [-0.3, -0.25) is 4.79 Å². The zero-order valence-electron chi connectivity index (χ0n) is 12.6. The van der Waals surface area contributed by atoms with Crippen molar-refractivity contribution >= 4 is 12.0 Å². The standard InChI is InChI=1S/C15H24N2O4/c1-16(13(18)11-3-2-4-11)12-9-15(21-10-12)5-7-17(8-6-15)14(19)20/h11-12H,2-10H2,1H3,(H,19,20)/t12-/m1/s1. The summed E-state index contributed by atoms with van der Waals surface area (Å²) in [6, 6.07) is 0.148. The van der Waals surface area contributed by atoms with Crippen LogP contribution in [0.3, 0.4) is 0 Å². The molecule has 3 rings (SSSR count). The second kappa shape index (κ2) is 5.48. The number of likely N-dealkylation sites (N-methyl/N-ethyl adjacent to an activating group) is 1. The van der Waals surface area contributed by atoms with Gasteiger partial charge in [0.05, 0.1) is 18.2 Å². The van der Waals surface area contributed by atoms with Crippen LogP contribution in [0.25, 0.3) is 0 Å². The van der Waals surface area contributed by atoms with Crippen LogP contribution in [0.15, 0.2) is 0 Å². The molecule has 2 heterocycles. The third kappa shape index (κ3) is 2.73. The maximum Gasteiger partial charge on any atom is 0.407 e. The van der Waals surface area contributed by atoms with Gasteiger partial charge in [0.1, 0.15) is 0 Å². The molecule has 2 amide bonds. The molecule has 3 aliphatic rings. The summed E-state index contributed by atoms with van der Waals surface area (Å²) in [7, 11) is 1.89. The molecule has 6 heteroatoms. The lowest BCUT2D eigenvalue weighted by Gasteiger charge is -2.38. The van der Waals surface area contributed by atoms with Gasteiger partial charge in [-0.15, -0.1) is 0 Å². The van der Waals surface area contributed by atoms with Crippen molar-refractivity contribution in [3.63, 3.8) is 0 Å². The summed E-state index contributed by atoms with van der Waals surface area (Å²) < 4.78 is 6.01. The monoisotopic (exact) mass is 296 g/mol. The maximum absolute atomic E-state index is 12.3. The van der Waals surface area contributed by atoms with E-state index < -0.39 is 6.09 Å². The van der Waals surface area contributed by atoms with Gasteiger partial charge < -0.3 is 19.6 Å². The van der Waals surface area contributed by atoms with E-state index in [2.05, 4.69) is 0 Å². The topological polar surface area (TPSA) is 70.1 Å². The first-order valence-electron chi connectivity index (χ1n) is 7.89. The van der Waals surface area contributed by atoms with E-state index in [4.69, 9.17) is 9.84 Å². The van der Waals surface area contributed by atoms with Crippen molar-refractivity contribution in [2.45, 2.75) is 50.2 Å². The number of hydrogen-bond donors (Lipinski definition) is 1. The second-order valence-electron chi connectivity index (χ2n) is 6.70. The Hall–Kier alpha value is -1.30. The fourth-order valence-electron chi connectivity index (χ4n) is 3.65. The fraction of sp³-hybridized carbons (Fsp3) is 0.867. The SMILES string of the molecule is CN(C(=O)C1CCC1)[C@H]1COC2(CCN(C(=O)O)CC2)C1. The summed E-state index contributed by atoms with van der Waals surface area (Å²) in [5.41, 5.74) is -0.217. The lowest BCUT2D eigenvalue weighted by molar-refractivity contribution is -0.139. The van der Waals surface area contributed by atoms with Gasteiger partial charge in [-0.25, -0.2) is 4.79 Å². The number of carboxylic acid groups (broad SMARTS) is 1. The maximum atomic E-state index is 12.3. The number of hydrogen-bond acceptors (Lipinski definition) is 3. The highest BCUT2D eigenvalue weighted by molar-refractivity contribution is 5.79. The normalized spacial score (nSPS) is 28.4. The van der Waals surface area contributed by atoms with Crippen molar-refractivity contribution < 1.29 is 19.4 Å².